The maximum atomic E-state index is 12.6. The summed E-state index contributed by atoms with van der Waals surface area (Å²) in [5.41, 5.74) is 2.14. The number of aryl methyl sites for hydroxylation is 1. The molecule has 1 unspecified atom stereocenters. The predicted octanol–water partition coefficient (Wildman–Crippen LogP) is 3.32. The first kappa shape index (κ1) is 18.2. The van der Waals surface area contributed by atoms with Crippen molar-refractivity contribution in [2.24, 2.45) is 5.92 Å². The first-order valence-electron chi connectivity index (χ1n) is 10.1. The highest BCUT2D eigenvalue weighted by molar-refractivity contribution is 5.79. The molecule has 1 aliphatic carbocycles. The Morgan fingerprint density at radius 2 is 2.11 bits per heavy atom. The third-order valence-electron chi connectivity index (χ3n) is 5.68. The molecule has 2 aliphatic rings. The molecule has 1 amide bonds. The second-order valence-electron chi connectivity index (χ2n) is 7.95. The van der Waals surface area contributed by atoms with E-state index in [-0.39, 0.29) is 11.8 Å². The van der Waals surface area contributed by atoms with E-state index in [1.807, 2.05) is 12.1 Å². The van der Waals surface area contributed by atoms with E-state index in [0.717, 1.165) is 44.3 Å². The van der Waals surface area contributed by atoms with Gasteiger partial charge >= 0.3 is 0 Å². The van der Waals surface area contributed by atoms with Crippen molar-refractivity contribution in [2.75, 3.05) is 13.1 Å². The maximum absolute atomic E-state index is 12.6. The molecule has 2 aromatic rings. The van der Waals surface area contributed by atoms with Gasteiger partial charge in [0.05, 0.1) is 12.5 Å². The highest BCUT2D eigenvalue weighted by atomic mass is 16.5. The van der Waals surface area contributed by atoms with Crippen LogP contribution in [0, 0.1) is 12.8 Å². The number of hydrogen-bond acceptors (Lipinski definition) is 5. The molecule has 27 heavy (non-hydrogen) atoms. The molecule has 1 atom stereocenters. The fourth-order valence-electron chi connectivity index (χ4n) is 4.21. The monoisotopic (exact) mass is 368 g/mol. The SMILES string of the molecule is Cc1cccc(-c2noc(CN3CCCC(C(=O)NC4CCCC4)C3)n2)c1. The summed E-state index contributed by atoms with van der Waals surface area (Å²) < 4.78 is 5.46. The summed E-state index contributed by atoms with van der Waals surface area (Å²) in [5.74, 6) is 1.53. The second-order valence-corrected chi connectivity index (χ2v) is 7.95. The number of aromatic nitrogens is 2. The second kappa shape index (κ2) is 8.21. The molecule has 0 radical (unpaired) electrons. The van der Waals surface area contributed by atoms with Crippen molar-refractivity contribution in [1.29, 1.82) is 0 Å². The first-order valence-corrected chi connectivity index (χ1v) is 10.1. The lowest BCUT2D eigenvalue weighted by atomic mass is 9.96. The molecule has 1 saturated carbocycles. The molecule has 1 aliphatic heterocycles. The zero-order valence-corrected chi connectivity index (χ0v) is 16.0. The van der Waals surface area contributed by atoms with Crippen molar-refractivity contribution in [3.8, 4) is 11.4 Å². The number of carbonyl (C=O) groups excluding carboxylic acids is 1. The Kier molecular flexibility index (Phi) is 5.53. The van der Waals surface area contributed by atoms with Gasteiger partial charge in [-0.15, -0.1) is 0 Å². The number of benzene rings is 1. The molecule has 144 valence electrons. The number of amides is 1. The number of likely N-dealkylation sites (tertiary alicyclic amines) is 1. The number of nitrogens with zero attached hydrogens (tertiary/aromatic N) is 3. The lowest BCUT2D eigenvalue weighted by Gasteiger charge is -2.31. The van der Waals surface area contributed by atoms with E-state index in [1.54, 1.807) is 0 Å². The Labute approximate surface area is 160 Å². The lowest BCUT2D eigenvalue weighted by Crippen LogP contribution is -2.45. The Hall–Kier alpha value is -2.21. The van der Waals surface area contributed by atoms with E-state index < -0.39 is 0 Å². The standard InChI is InChI=1S/C21H28N4O2/c1-15-6-4-7-16(12-15)20-23-19(27-24-20)14-25-11-5-8-17(13-25)21(26)22-18-9-2-3-10-18/h4,6-7,12,17-18H,2-3,5,8-11,13-14H2,1H3,(H,22,26). The van der Waals surface area contributed by atoms with E-state index in [9.17, 15) is 4.79 Å². The van der Waals surface area contributed by atoms with Crippen LogP contribution < -0.4 is 5.32 Å². The van der Waals surface area contributed by atoms with Crippen LogP contribution in [0.15, 0.2) is 28.8 Å². The fourth-order valence-corrected chi connectivity index (χ4v) is 4.21. The number of piperidine rings is 1. The van der Waals surface area contributed by atoms with E-state index >= 15 is 0 Å². The summed E-state index contributed by atoms with van der Waals surface area (Å²) in [4.78, 5) is 19.4. The number of carbonyl (C=O) groups is 1. The van der Waals surface area contributed by atoms with Crippen molar-refractivity contribution in [3.05, 3.63) is 35.7 Å². The minimum Gasteiger partial charge on any atom is -0.353 e. The van der Waals surface area contributed by atoms with E-state index in [1.165, 1.54) is 18.4 Å². The molecule has 0 bridgehead atoms. The molecule has 2 fully saturated rings. The maximum Gasteiger partial charge on any atom is 0.241 e. The molecular formula is C21H28N4O2. The normalized spacial score (nSPS) is 21.4. The van der Waals surface area contributed by atoms with Gasteiger partial charge in [0.15, 0.2) is 0 Å². The summed E-state index contributed by atoms with van der Waals surface area (Å²) in [6.45, 7) is 4.39. The Bertz CT molecular complexity index is 782. The van der Waals surface area contributed by atoms with Gasteiger partial charge in [0, 0.05) is 18.2 Å². The number of nitrogens with one attached hydrogen (secondary N) is 1. The van der Waals surface area contributed by atoms with Crippen LogP contribution in [0.5, 0.6) is 0 Å². The van der Waals surface area contributed by atoms with Crippen LogP contribution in [0.25, 0.3) is 11.4 Å². The lowest BCUT2D eigenvalue weighted by molar-refractivity contribution is -0.127. The summed E-state index contributed by atoms with van der Waals surface area (Å²) in [7, 11) is 0. The smallest absolute Gasteiger partial charge is 0.241 e. The quantitative estimate of drug-likeness (QED) is 0.877. The van der Waals surface area contributed by atoms with Gasteiger partial charge in [0.2, 0.25) is 17.6 Å². The van der Waals surface area contributed by atoms with Gasteiger partial charge in [-0.25, -0.2) is 0 Å². The molecule has 1 saturated heterocycles. The van der Waals surface area contributed by atoms with Crippen molar-refractivity contribution in [1.82, 2.24) is 20.4 Å². The Morgan fingerprint density at radius 1 is 1.26 bits per heavy atom. The van der Waals surface area contributed by atoms with E-state index in [4.69, 9.17) is 4.52 Å². The van der Waals surface area contributed by atoms with Gasteiger partial charge in [0.25, 0.3) is 0 Å². The molecule has 1 aromatic carbocycles. The van der Waals surface area contributed by atoms with Crippen LogP contribution >= 0.6 is 0 Å². The largest absolute Gasteiger partial charge is 0.353 e. The van der Waals surface area contributed by atoms with E-state index in [2.05, 4.69) is 39.4 Å². The first-order chi connectivity index (χ1) is 13.2. The fraction of sp³-hybridized carbons (Fsp3) is 0.571. The minimum atomic E-state index is 0.0681. The highest BCUT2D eigenvalue weighted by Crippen LogP contribution is 2.23. The predicted molar refractivity (Wildman–Crippen MR) is 103 cm³/mol. The topological polar surface area (TPSA) is 71.3 Å². The molecule has 2 heterocycles. The van der Waals surface area contributed by atoms with Crippen LogP contribution in [-0.4, -0.2) is 40.1 Å². The third kappa shape index (κ3) is 4.56. The van der Waals surface area contributed by atoms with Gasteiger partial charge in [-0.2, -0.15) is 4.98 Å². The summed E-state index contributed by atoms with van der Waals surface area (Å²) in [6.07, 6.45) is 6.73. The van der Waals surface area contributed by atoms with Crippen LogP contribution in [-0.2, 0) is 11.3 Å². The molecule has 1 aromatic heterocycles. The third-order valence-corrected chi connectivity index (χ3v) is 5.68. The zero-order chi connectivity index (χ0) is 18.6. The number of rotatable bonds is 5. The highest BCUT2D eigenvalue weighted by Gasteiger charge is 2.28. The van der Waals surface area contributed by atoms with Gasteiger partial charge in [-0.1, -0.05) is 41.8 Å². The summed E-state index contributed by atoms with van der Waals surface area (Å²) >= 11 is 0. The molecule has 1 N–H and O–H groups in total. The average molecular weight is 368 g/mol. The number of hydrogen-bond donors (Lipinski definition) is 1. The Morgan fingerprint density at radius 3 is 2.93 bits per heavy atom. The zero-order valence-electron chi connectivity index (χ0n) is 16.0. The van der Waals surface area contributed by atoms with Crippen molar-refractivity contribution in [3.63, 3.8) is 0 Å². The van der Waals surface area contributed by atoms with Gasteiger partial charge in [-0.05, 0) is 45.2 Å². The van der Waals surface area contributed by atoms with Crippen molar-refractivity contribution in [2.45, 2.75) is 58.0 Å². The van der Waals surface area contributed by atoms with Crippen LogP contribution in [0.1, 0.15) is 50.0 Å². The molecule has 0 spiro atoms. The van der Waals surface area contributed by atoms with Crippen molar-refractivity contribution < 1.29 is 9.32 Å². The average Bonchev–Trinajstić information content (AvgIpc) is 3.34. The van der Waals surface area contributed by atoms with Crippen LogP contribution in [0.2, 0.25) is 0 Å². The van der Waals surface area contributed by atoms with Gasteiger partial charge < -0.3 is 9.84 Å². The molecule has 6 nitrogen and oxygen atoms in total. The summed E-state index contributed by atoms with van der Waals surface area (Å²) in [5, 5.41) is 7.37. The minimum absolute atomic E-state index is 0.0681. The Balaban J connectivity index is 1.34. The van der Waals surface area contributed by atoms with E-state index in [0.29, 0.717) is 24.3 Å². The van der Waals surface area contributed by atoms with Crippen molar-refractivity contribution >= 4 is 5.91 Å². The van der Waals surface area contributed by atoms with Gasteiger partial charge in [0.1, 0.15) is 0 Å². The van der Waals surface area contributed by atoms with Gasteiger partial charge in [-0.3, -0.25) is 9.69 Å². The molecule has 4 rings (SSSR count). The van der Waals surface area contributed by atoms with Crippen LogP contribution in [0.3, 0.4) is 0 Å². The van der Waals surface area contributed by atoms with Crippen LogP contribution in [0.4, 0.5) is 0 Å². The molecular weight excluding hydrogens is 340 g/mol. The molecule has 6 heteroatoms. The summed E-state index contributed by atoms with van der Waals surface area (Å²) in [6, 6.07) is 8.49.